The molecule has 0 saturated carbocycles. The van der Waals surface area contributed by atoms with Crippen molar-refractivity contribution in [3.63, 3.8) is 0 Å². The van der Waals surface area contributed by atoms with Crippen LogP contribution in [0.4, 0.5) is 0 Å². The molecule has 17 heavy (non-hydrogen) atoms. The SMILES string of the molecule is CNCc1cccnc1Sc1cc(C)nn1C. The van der Waals surface area contributed by atoms with Crippen molar-refractivity contribution >= 4 is 11.8 Å². The monoisotopic (exact) mass is 248 g/mol. The molecule has 2 heterocycles. The Hall–Kier alpha value is -1.33. The Morgan fingerprint density at radius 2 is 2.29 bits per heavy atom. The van der Waals surface area contributed by atoms with Crippen molar-refractivity contribution in [3.8, 4) is 0 Å². The third-order valence-corrected chi connectivity index (χ3v) is 3.53. The van der Waals surface area contributed by atoms with Gasteiger partial charge < -0.3 is 5.32 Å². The first-order valence-corrected chi connectivity index (χ1v) is 6.29. The normalized spacial score (nSPS) is 10.8. The predicted octanol–water partition coefficient (Wildman–Crippen LogP) is 1.99. The van der Waals surface area contributed by atoms with Crippen LogP contribution in [0.5, 0.6) is 0 Å². The second-order valence-electron chi connectivity index (χ2n) is 3.85. The highest BCUT2D eigenvalue weighted by atomic mass is 32.2. The molecule has 2 aromatic rings. The molecule has 5 heteroatoms. The third-order valence-electron chi connectivity index (χ3n) is 2.38. The topological polar surface area (TPSA) is 42.7 Å². The van der Waals surface area contributed by atoms with E-state index in [1.165, 1.54) is 5.56 Å². The van der Waals surface area contributed by atoms with Gasteiger partial charge in [-0.15, -0.1) is 0 Å². The molecular formula is C12H16N4S. The van der Waals surface area contributed by atoms with E-state index < -0.39 is 0 Å². The van der Waals surface area contributed by atoms with Gasteiger partial charge in [0.1, 0.15) is 10.1 Å². The molecule has 0 unspecified atom stereocenters. The van der Waals surface area contributed by atoms with Gasteiger partial charge in [-0.25, -0.2) is 4.98 Å². The predicted molar refractivity (Wildman–Crippen MR) is 69.1 cm³/mol. The minimum atomic E-state index is 0.826. The van der Waals surface area contributed by atoms with Crippen LogP contribution in [0, 0.1) is 6.92 Å². The summed E-state index contributed by atoms with van der Waals surface area (Å²) in [4.78, 5) is 4.42. The molecule has 0 aliphatic carbocycles. The Morgan fingerprint density at radius 1 is 1.47 bits per heavy atom. The number of aryl methyl sites for hydroxylation is 2. The van der Waals surface area contributed by atoms with Gasteiger partial charge in [-0.3, -0.25) is 4.68 Å². The van der Waals surface area contributed by atoms with Gasteiger partial charge in [0.15, 0.2) is 0 Å². The van der Waals surface area contributed by atoms with E-state index in [1.807, 2.05) is 38.0 Å². The summed E-state index contributed by atoms with van der Waals surface area (Å²) < 4.78 is 1.89. The Labute approximate surface area is 105 Å². The van der Waals surface area contributed by atoms with Crippen molar-refractivity contribution in [2.45, 2.75) is 23.5 Å². The van der Waals surface area contributed by atoms with Crippen LogP contribution in [-0.2, 0) is 13.6 Å². The van der Waals surface area contributed by atoms with E-state index in [2.05, 4.69) is 27.5 Å². The second-order valence-corrected chi connectivity index (χ2v) is 4.86. The van der Waals surface area contributed by atoms with E-state index >= 15 is 0 Å². The first-order chi connectivity index (χ1) is 8.20. The summed E-state index contributed by atoms with van der Waals surface area (Å²) in [5, 5.41) is 9.63. The van der Waals surface area contributed by atoms with Gasteiger partial charge in [0, 0.05) is 19.8 Å². The summed E-state index contributed by atoms with van der Waals surface area (Å²) in [6, 6.07) is 6.13. The minimum absolute atomic E-state index is 0.826. The second kappa shape index (κ2) is 5.33. The van der Waals surface area contributed by atoms with Gasteiger partial charge in [-0.1, -0.05) is 17.8 Å². The molecule has 0 fully saturated rings. The summed E-state index contributed by atoms with van der Waals surface area (Å²) in [6.45, 7) is 2.82. The molecule has 0 saturated heterocycles. The smallest absolute Gasteiger partial charge is 0.107 e. The number of nitrogens with zero attached hydrogens (tertiary/aromatic N) is 3. The number of aromatic nitrogens is 3. The van der Waals surface area contributed by atoms with Gasteiger partial charge in [-0.05, 0) is 31.7 Å². The molecule has 0 atom stereocenters. The molecule has 0 bridgehead atoms. The fraction of sp³-hybridized carbons (Fsp3) is 0.333. The van der Waals surface area contributed by atoms with Gasteiger partial charge >= 0.3 is 0 Å². The van der Waals surface area contributed by atoms with E-state index in [4.69, 9.17) is 0 Å². The number of hydrogen-bond acceptors (Lipinski definition) is 4. The standard InChI is InChI=1S/C12H16N4S/c1-9-7-11(16(3)15-9)17-12-10(8-13-2)5-4-6-14-12/h4-7,13H,8H2,1-3H3. The maximum absolute atomic E-state index is 4.42. The maximum Gasteiger partial charge on any atom is 0.107 e. The molecular weight excluding hydrogens is 232 g/mol. The molecule has 0 aromatic carbocycles. The average Bonchev–Trinajstić information content (AvgIpc) is 2.61. The first-order valence-electron chi connectivity index (χ1n) is 5.47. The summed E-state index contributed by atoms with van der Waals surface area (Å²) in [6.07, 6.45) is 1.82. The fourth-order valence-corrected chi connectivity index (χ4v) is 2.61. The lowest BCUT2D eigenvalue weighted by atomic mass is 10.3. The van der Waals surface area contributed by atoms with Gasteiger partial charge in [0.2, 0.25) is 0 Å². The summed E-state index contributed by atoms with van der Waals surface area (Å²) >= 11 is 1.65. The Balaban J connectivity index is 2.26. The Bertz CT molecular complexity index is 507. The summed E-state index contributed by atoms with van der Waals surface area (Å²) in [5.74, 6) is 0. The van der Waals surface area contributed by atoms with Crippen LogP contribution in [0.3, 0.4) is 0 Å². The van der Waals surface area contributed by atoms with E-state index in [0.29, 0.717) is 0 Å². The van der Waals surface area contributed by atoms with E-state index in [0.717, 1.165) is 22.3 Å². The average molecular weight is 248 g/mol. The van der Waals surface area contributed by atoms with Crippen molar-refractivity contribution < 1.29 is 0 Å². The number of pyridine rings is 1. The van der Waals surface area contributed by atoms with Crippen molar-refractivity contribution in [2.75, 3.05) is 7.05 Å². The molecule has 0 aliphatic rings. The zero-order chi connectivity index (χ0) is 12.3. The highest BCUT2D eigenvalue weighted by Gasteiger charge is 2.08. The van der Waals surface area contributed by atoms with Crippen LogP contribution in [-0.4, -0.2) is 21.8 Å². The van der Waals surface area contributed by atoms with Crippen LogP contribution in [0.25, 0.3) is 0 Å². The third kappa shape index (κ3) is 2.87. The van der Waals surface area contributed by atoms with Crippen LogP contribution in [0.2, 0.25) is 0 Å². The highest BCUT2D eigenvalue weighted by Crippen LogP contribution is 2.28. The Morgan fingerprint density at radius 3 is 2.94 bits per heavy atom. The number of rotatable bonds is 4. The van der Waals surface area contributed by atoms with E-state index in [1.54, 1.807) is 11.8 Å². The lowest BCUT2D eigenvalue weighted by Gasteiger charge is -2.07. The van der Waals surface area contributed by atoms with Crippen LogP contribution in [0.15, 0.2) is 34.4 Å². The molecule has 0 spiro atoms. The lowest BCUT2D eigenvalue weighted by molar-refractivity contribution is 0.691. The van der Waals surface area contributed by atoms with Crippen molar-refractivity contribution in [3.05, 3.63) is 35.7 Å². The fourth-order valence-electron chi connectivity index (χ4n) is 1.62. The Kier molecular flexibility index (Phi) is 3.81. The van der Waals surface area contributed by atoms with Crippen molar-refractivity contribution in [1.82, 2.24) is 20.1 Å². The number of nitrogens with one attached hydrogen (secondary N) is 1. The molecule has 1 N–H and O–H groups in total. The number of hydrogen-bond donors (Lipinski definition) is 1. The van der Waals surface area contributed by atoms with Crippen molar-refractivity contribution in [1.29, 1.82) is 0 Å². The van der Waals surface area contributed by atoms with Gasteiger partial charge in [0.25, 0.3) is 0 Å². The molecule has 4 nitrogen and oxygen atoms in total. The van der Waals surface area contributed by atoms with Crippen LogP contribution >= 0.6 is 11.8 Å². The quantitative estimate of drug-likeness (QED) is 0.898. The molecule has 2 rings (SSSR count). The van der Waals surface area contributed by atoms with E-state index in [9.17, 15) is 0 Å². The largest absolute Gasteiger partial charge is 0.316 e. The van der Waals surface area contributed by atoms with E-state index in [-0.39, 0.29) is 0 Å². The molecule has 0 aliphatic heterocycles. The minimum Gasteiger partial charge on any atom is -0.316 e. The zero-order valence-corrected chi connectivity index (χ0v) is 11.1. The molecule has 0 radical (unpaired) electrons. The maximum atomic E-state index is 4.42. The first kappa shape index (κ1) is 12.1. The van der Waals surface area contributed by atoms with Crippen LogP contribution in [0.1, 0.15) is 11.3 Å². The molecule has 2 aromatic heterocycles. The van der Waals surface area contributed by atoms with Crippen LogP contribution < -0.4 is 5.32 Å². The highest BCUT2D eigenvalue weighted by molar-refractivity contribution is 7.99. The van der Waals surface area contributed by atoms with Crippen molar-refractivity contribution in [2.24, 2.45) is 7.05 Å². The van der Waals surface area contributed by atoms with Gasteiger partial charge in [-0.2, -0.15) is 5.10 Å². The zero-order valence-electron chi connectivity index (χ0n) is 10.3. The molecule has 90 valence electrons. The van der Waals surface area contributed by atoms with Gasteiger partial charge in [0.05, 0.1) is 5.69 Å². The summed E-state index contributed by atoms with van der Waals surface area (Å²) in [7, 11) is 3.89. The summed E-state index contributed by atoms with van der Waals surface area (Å²) in [5.41, 5.74) is 2.24. The molecule has 0 amide bonds. The lowest BCUT2D eigenvalue weighted by Crippen LogP contribution is -2.06.